The molecule has 1 aromatic rings. The molecule has 4 rings (SSSR count). The van der Waals surface area contributed by atoms with Gasteiger partial charge in [-0.15, -0.1) is 0 Å². The summed E-state index contributed by atoms with van der Waals surface area (Å²) in [5, 5.41) is 22.7. The number of carboxylic acid groups (broad SMARTS) is 1. The van der Waals surface area contributed by atoms with Gasteiger partial charge in [-0.25, -0.2) is 0 Å². The van der Waals surface area contributed by atoms with Crippen LogP contribution in [-0.2, 0) is 29.7 Å². The molecule has 0 saturated heterocycles. The highest BCUT2D eigenvalue weighted by molar-refractivity contribution is 5.90. The third-order valence-corrected chi connectivity index (χ3v) is 6.26. The number of ether oxygens (including phenoxy) is 2. The van der Waals surface area contributed by atoms with Gasteiger partial charge in [0.2, 0.25) is 0 Å². The largest absolute Gasteiger partial charge is 0.497 e. The van der Waals surface area contributed by atoms with E-state index >= 15 is 0 Å². The average molecular weight is 416 g/mol. The maximum Gasteiger partial charge on any atom is 0.313 e. The Morgan fingerprint density at radius 2 is 2.00 bits per heavy atom. The predicted octanol–water partition coefficient (Wildman–Crippen LogP) is 2.13. The molecule has 0 aromatic heterocycles. The number of hydrogen-bond acceptors (Lipinski definition) is 7. The predicted molar refractivity (Wildman–Crippen MR) is 103 cm³/mol. The van der Waals surface area contributed by atoms with Gasteiger partial charge in [-0.2, -0.15) is 4.89 Å². The molecule has 160 valence electrons. The normalized spacial score (nSPS) is 31.1. The first-order valence-corrected chi connectivity index (χ1v) is 9.78. The number of ketones is 1. The summed E-state index contributed by atoms with van der Waals surface area (Å²) in [5.74, 6) is -1.57. The van der Waals surface area contributed by atoms with Crippen molar-refractivity contribution in [2.45, 2.75) is 24.9 Å². The van der Waals surface area contributed by atoms with Crippen molar-refractivity contribution in [2.24, 2.45) is 11.3 Å². The molecular formula is C22H24O8. The van der Waals surface area contributed by atoms with Crippen LogP contribution in [0.1, 0.15) is 24.8 Å². The quantitative estimate of drug-likeness (QED) is 0.536. The SMILES string of the molecule is COc1ccc(C2(O)C(C3=CCOO3)CC(=O)CC2(CC2=CCOC2)C(=O)O)cc1. The van der Waals surface area contributed by atoms with Gasteiger partial charge >= 0.3 is 5.97 Å². The van der Waals surface area contributed by atoms with Crippen LogP contribution in [0.25, 0.3) is 0 Å². The lowest BCUT2D eigenvalue weighted by molar-refractivity contribution is -0.256. The topological polar surface area (TPSA) is 112 Å². The van der Waals surface area contributed by atoms with Crippen LogP contribution >= 0.6 is 0 Å². The molecule has 0 radical (unpaired) electrons. The number of benzene rings is 1. The minimum absolute atomic E-state index is 0.0127. The summed E-state index contributed by atoms with van der Waals surface area (Å²) in [6, 6.07) is 6.59. The molecule has 30 heavy (non-hydrogen) atoms. The van der Waals surface area contributed by atoms with Crippen LogP contribution in [0.5, 0.6) is 5.75 Å². The molecule has 1 fully saturated rings. The van der Waals surface area contributed by atoms with E-state index < -0.39 is 22.9 Å². The van der Waals surface area contributed by atoms with Crippen molar-refractivity contribution in [1.82, 2.24) is 0 Å². The van der Waals surface area contributed by atoms with Crippen LogP contribution in [0.3, 0.4) is 0 Å². The van der Waals surface area contributed by atoms with Crippen molar-refractivity contribution in [3.8, 4) is 5.75 Å². The fourth-order valence-corrected chi connectivity index (χ4v) is 4.78. The minimum Gasteiger partial charge on any atom is -0.497 e. The maximum absolute atomic E-state index is 12.8. The van der Waals surface area contributed by atoms with E-state index in [2.05, 4.69) is 0 Å². The third-order valence-electron chi connectivity index (χ3n) is 6.26. The molecule has 0 amide bonds. The monoisotopic (exact) mass is 416 g/mol. The van der Waals surface area contributed by atoms with E-state index in [1.165, 1.54) is 7.11 Å². The molecule has 2 N–H and O–H groups in total. The Morgan fingerprint density at radius 1 is 1.23 bits per heavy atom. The Bertz CT molecular complexity index is 902. The molecule has 0 spiro atoms. The Morgan fingerprint density at radius 3 is 2.57 bits per heavy atom. The van der Waals surface area contributed by atoms with Crippen molar-refractivity contribution >= 4 is 11.8 Å². The van der Waals surface area contributed by atoms with Crippen LogP contribution < -0.4 is 4.74 Å². The lowest BCUT2D eigenvalue weighted by Crippen LogP contribution is -2.60. The number of carbonyl (C=O) groups excluding carboxylic acids is 1. The van der Waals surface area contributed by atoms with Crippen LogP contribution in [-0.4, -0.2) is 48.9 Å². The highest BCUT2D eigenvalue weighted by Crippen LogP contribution is 2.58. The lowest BCUT2D eigenvalue weighted by atomic mass is 9.53. The van der Waals surface area contributed by atoms with Gasteiger partial charge in [0, 0.05) is 12.8 Å². The van der Waals surface area contributed by atoms with Crippen molar-refractivity contribution in [3.05, 3.63) is 53.3 Å². The van der Waals surface area contributed by atoms with Crippen LogP contribution in [0, 0.1) is 11.3 Å². The second-order valence-electron chi connectivity index (χ2n) is 7.88. The number of aliphatic hydroxyl groups is 1. The van der Waals surface area contributed by atoms with Crippen molar-refractivity contribution < 1.29 is 39.1 Å². The summed E-state index contributed by atoms with van der Waals surface area (Å²) in [4.78, 5) is 35.8. The molecule has 3 atom stereocenters. The fraction of sp³-hybridized carbons (Fsp3) is 0.455. The molecule has 8 heteroatoms. The minimum atomic E-state index is -1.93. The van der Waals surface area contributed by atoms with Crippen molar-refractivity contribution in [3.63, 3.8) is 0 Å². The fourth-order valence-electron chi connectivity index (χ4n) is 4.78. The highest BCUT2D eigenvalue weighted by Gasteiger charge is 2.65. The van der Waals surface area contributed by atoms with Crippen LogP contribution in [0.4, 0.5) is 0 Å². The molecule has 2 aliphatic heterocycles. The molecule has 1 saturated carbocycles. The maximum atomic E-state index is 12.8. The second kappa shape index (κ2) is 7.86. The molecule has 3 aliphatic rings. The first-order valence-electron chi connectivity index (χ1n) is 9.78. The summed E-state index contributed by atoms with van der Waals surface area (Å²) < 4.78 is 10.6. The second-order valence-corrected chi connectivity index (χ2v) is 7.88. The van der Waals surface area contributed by atoms with E-state index in [4.69, 9.17) is 19.2 Å². The van der Waals surface area contributed by atoms with Gasteiger partial charge in [0.05, 0.1) is 26.2 Å². The van der Waals surface area contributed by atoms with E-state index in [9.17, 15) is 19.8 Å². The van der Waals surface area contributed by atoms with E-state index in [-0.39, 0.29) is 44.0 Å². The summed E-state index contributed by atoms with van der Waals surface area (Å²) in [6.45, 7) is 0.818. The Kier molecular flexibility index (Phi) is 5.40. The van der Waals surface area contributed by atoms with Gasteiger partial charge in [-0.05, 0) is 35.8 Å². The first kappa shape index (κ1) is 20.6. The number of carbonyl (C=O) groups is 2. The van der Waals surface area contributed by atoms with E-state index in [1.807, 2.05) is 6.08 Å². The zero-order valence-corrected chi connectivity index (χ0v) is 16.6. The van der Waals surface area contributed by atoms with Gasteiger partial charge in [0.15, 0.2) is 0 Å². The van der Waals surface area contributed by atoms with Crippen LogP contribution in [0.2, 0.25) is 0 Å². The summed E-state index contributed by atoms with van der Waals surface area (Å²) in [7, 11) is 1.52. The molecule has 1 aromatic carbocycles. The number of rotatable bonds is 6. The number of aliphatic carboxylic acids is 1. The number of methoxy groups -OCH3 is 1. The molecule has 8 nitrogen and oxygen atoms in total. The zero-order valence-electron chi connectivity index (χ0n) is 16.6. The molecule has 1 aliphatic carbocycles. The smallest absolute Gasteiger partial charge is 0.313 e. The van der Waals surface area contributed by atoms with E-state index in [0.29, 0.717) is 17.9 Å². The summed E-state index contributed by atoms with van der Waals surface area (Å²) >= 11 is 0. The lowest BCUT2D eigenvalue weighted by Gasteiger charge is -2.51. The van der Waals surface area contributed by atoms with Gasteiger partial charge in [0.1, 0.15) is 34.9 Å². The van der Waals surface area contributed by atoms with Gasteiger partial charge in [0.25, 0.3) is 0 Å². The standard InChI is InChI=1S/C22H24O8/c1-27-17-4-2-15(3-5-17)22(26)18(19-7-9-29-30-19)10-16(23)12-21(22,20(24)25)11-14-6-8-28-13-14/h2-7,18,26H,8-13H2,1H3,(H,24,25). The Labute approximate surface area is 173 Å². The Hall–Kier alpha value is -2.68. The van der Waals surface area contributed by atoms with Crippen molar-refractivity contribution in [2.75, 3.05) is 26.9 Å². The van der Waals surface area contributed by atoms with Gasteiger partial charge in [-0.1, -0.05) is 18.2 Å². The van der Waals surface area contributed by atoms with E-state index in [0.717, 1.165) is 5.57 Å². The number of carboxylic acids is 1. The third kappa shape index (κ3) is 3.21. The van der Waals surface area contributed by atoms with Gasteiger partial charge in [-0.3, -0.25) is 9.59 Å². The number of Topliss-reactive ketones (excluding diaryl/α,β-unsaturated/α-hetero) is 1. The summed E-state index contributed by atoms with van der Waals surface area (Å²) in [5.41, 5.74) is -2.61. The molecule has 2 heterocycles. The molecule has 3 unspecified atom stereocenters. The Balaban J connectivity index is 1.91. The highest BCUT2D eigenvalue weighted by atomic mass is 17.2. The zero-order chi connectivity index (χ0) is 21.4. The van der Waals surface area contributed by atoms with Gasteiger partial charge < -0.3 is 24.6 Å². The molecule has 0 bridgehead atoms. The number of hydrogen-bond donors (Lipinski definition) is 2. The molecular weight excluding hydrogens is 392 g/mol. The van der Waals surface area contributed by atoms with Crippen LogP contribution in [0.15, 0.2) is 47.7 Å². The first-order chi connectivity index (χ1) is 14.4. The van der Waals surface area contributed by atoms with E-state index in [1.54, 1.807) is 30.3 Å². The average Bonchev–Trinajstić information content (AvgIpc) is 3.44. The summed E-state index contributed by atoms with van der Waals surface area (Å²) in [6.07, 6.45) is 3.07. The van der Waals surface area contributed by atoms with Crippen molar-refractivity contribution in [1.29, 1.82) is 0 Å².